The summed E-state index contributed by atoms with van der Waals surface area (Å²) < 4.78 is 3.36. The van der Waals surface area contributed by atoms with Gasteiger partial charge in [0, 0.05) is 31.8 Å². The summed E-state index contributed by atoms with van der Waals surface area (Å²) >= 11 is 0. The average Bonchev–Trinajstić information content (AvgIpc) is 3.45. The maximum atomic E-state index is 12.3. The van der Waals surface area contributed by atoms with Crippen LogP contribution in [0.25, 0.3) is 0 Å². The first kappa shape index (κ1) is 14.9. The van der Waals surface area contributed by atoms with E-state index in [1.807, 2.05) is 10.9 Å². The Labute approximate surface area is 139 Å². The zero-order chi connectivity index (χ0) is 16.7. The fourth-order valence-corrected chi connectivity index (χ4v) is 2.56. The molecule has 0 saturated heterocycles. The van der Waals surface area contributed by atoms with Gasteiger partial charge in [0.15, 0.2) is 5.69 Å². The molecule has 4 rings (SSSR count). The summed E-state index contributed by atoms with van der Waals surface area (Å²) in [5.74, 6) is 1.03. The van der Waals surface area contributed by atoms with Crippen LogP contribution in [0.5, 0.6) is 0 Å². The number of anilines is 2. The van der Waals surface area contributed by atoms with Crippen LogP contribution in [-0.2, 0) is 18.4 Å². The van der Waals surface area contributed by atoms with Crippen LogP contribution in [0.15, 0.2) is 18.5 Å². The molecule has 8 nitrogen and oxygen atoms in total. The summed E-state index contributed by atoms with van der Waals surface area (Å²) in [6, 6.07) is 1.59. The highest BCUT2D eigenvalue weighted by Crippen LogP contribution is 2.31. The minimum atomic E-state index is -0.316. The third-order valence-electron chi connectivity index (χ3n) is 4.35. The van der Waals surface area contributed by atoms with Crippen LogP contribution >= 0.6 is 0 Å². The van der Waals surface area contributed by atoms with E-state index in [1.54, 1.807) is 19.3 Å². The molecule has 0 unspecified atom stereocenters. The average molecular weight is 328 g/mol. The Morgan fingerprint density at radius 2 is 2.04 bits per heavy atom. The molecule has 2 amide bonds. The Morgan fingerprint density at radius 3 is 2.75 bits per heavy atom. The number of rotatable bonds is 6. The topological polar surface area (TPSA) is 93.8 Å². The Morgan fingerprint density at radius 1 is 1.25 bits per heavy atom. The minimum absolute atomic E-state index is 0.00805. The fraction of sp³-hybridized carbons (Fsp3) is 0.500. The molecule has 0 bridgehead atoms. The van der Waals surface area contributed by atoms with Crippen LogP contribution in [0, 0.1) is 11.8 Å². The van der Waals surface area contributed by atoms with Crippen molar-refractivity contribution in [2.75, 3.05) is 10.6 Å². The van der Waals surface area contributed by atoms with Gasteiger partial charge in [-0.3, -0.25) is 19.0 Å². The van der Waals surface area contributed by atoms with Gasteiger partial charge in [-0.25, -0.2) is 0 Å². The molecular weight excluding hydrogens is 308 g/mol. The Balaban J connectivity index is 1.40. The number of aromatic nitrogens is 4. The highest BCUT2D eigenvalue weighted by molar-refractivity contribution is 6.04. The van der Waals surface area contributed by atoms with Crippen LogP contribution in [0.3, 0.4) is 0 Å². The van der Waals surface area contributed by atoms with E-state index < -0.39 is 0 Å². The molecule has 0 aromatic carbocycles. The highest BCUT2D eigenvalue weighted by Gasteiger charge is 2.30. The number of nitrogens with one attached hydrogen (secondary N) is 2. The Kier molecular flexibility index (Phi) is 3.59. The number of aryl methyl sites for hydroxylation is 1. The first-order valence-electron chi connectivity index (χ1n) is 8.27. The third kappa shape index (κ3) is 3.32. The van der Waals surface area contributed by atoms with Crippen molar-refractivity contribution in [3.63, 3.8) is 0 Å². The first-order valence-corrected chi connectivity index (χ1v) is 8.27. The smallest absolute Gasteiger partial charge is 0.276 e. The van der Waals surface area contributed by atoms with Crippen molar-refractivity contribution >= 4 is 23.3 Å². The normalized spacial score (nSPS) is 16.9. The lowest BCUT2D eigenvalue weighted by Crippen LogP contribution is -2.15. The number of amides is 2. The van der Waals surface area contributed by atoms with Crippen LogP contribution in [0.2, 0.25) is 0 Å². The molecule has 0 radical (unpaired) electrons. The number of carbonyl (C=O) groups excluding carboxylic acids is 2. The summed E-state index contributed by atoms with van der Waals surface area (Å²) in [6.45, 7) is 0.900. The van der Waals surface area contributed by atoms with Crippen LogP contribution < -0.4 is 10.6 Å². The Bertz CT molecular complexity index is 784. The van der Waals surface area contributed by atoms with Crippen molar-refractivity contribution in [3.8, 4) is 0 Å². The second kappa shape index (κ2) is 5.77. The van der Waals surface area contributed by atoms with E-state index >= 15 is 0 Å². The molecule has 24 heavy (non-hydrogen) atoms. The monoisotopic (exact) mass is 328 g/mol. The summed E-state index contributed by atoms with van der Waals surface area (Å²) in [5.41, 5.74) is 0.911. The molecule has 0 atom stereocenters. The molecule has 126 valence electrons. The van der Waals surface area contributed by atoms with Gasteiger partial charge in [-0.2, -0.15) is 10.2 Å². The molecule has 8 heteroatoms. The molecule has 0 spiro atoms. The molecule has 2 aliphatic rings. The molecule has 0 aliphatic heterocycles. The van der Waals surface area contributed by atoms with Gasteiger partial charge in [0.05, 0.1) is 11.9 Å². The van der Waals surface area contributed by atoms with Crippen LogP contribution in [0.1, 0.15) is 36.2 Å². The molecule has 2 N–H and O–H groups in total. The highest BCUT2D eigenvalue weighted by atomic mass is 16.2. The van der Waals surface area contributed by atoms with Crippen LogP contribution in [-0.4, -0.2) is 31.4 Å². The number of hydrogen-bond acceptors (Lipinski definition) is 4. The summed E-state index contributed by atoms with van der Waals surface area (Å²) in [4.78, 5) is 24.1. The lowest BCUT2D eigenvalue weighted by atomic mass is 10.3. The first-order chi connectivity index (χ1) is 11.6. The minimum Gasteiger partial charge on any atom is -0.318 e. The van der Waals surface area contributed by atoms with E-state index in [9.17, 15) is 9.59 Å². The van der Waals surface area contributed by atoms with Crippen molar-refractivity contribution in [2.45, 2.75) is 32.2 Å². The molecule has 2 fully saturated rings. The van der Waals surface area contributed by atoms with Crippen molar-refractivity contribution in [3.05, 3.63) is 24.2 Å². The lowest BCUT2D eigenvalue weighted by Gasteiger charge is -2.02. The number of nitrogens with zero attached hydrogens (tertiary/aromatic N) is 4. The SMILES string of the molecule is Cn1nc(C(=O)Nc2cnn(CC3CC3)c2)cc1NC(=O)C1CC1. The second-order valence-corrected chi connectivity index (χ2v) is 6.65. The van der Waals surface area contributed by atoms with Gasteiger partial charge >= 0.3 is 0 Å². The number of carbonyl (C=O) groups is 2. The predicted molar refractivity (Wildman–Crippen MR) is 87.5 cm³/mol. The fourth-order valence-electron chi connectivity index (χ4n) is 2.56. The van der Waals surface area contributed by atoms with E-state index in [-0.39, 0.29) is 23.4 Å². The summed E-state index contributed by atoms with van der Waals surface area (Å²) in [6.07, 6.45) is 7.84. The van der Waals surface area contributed by atoms with Gasteiger partial charge in [0.2, 0.25) is 5.91 Å². The van der Waals surface area contributed by atoms with Crippen molar-refractivity contribution in [2.24, 2.45) is 18.9 Å². The van der Waals surface area contributed by atoms with Crippen molar-refractivity contribution in [1.82, 2.24) is 19.6 Å². The Hall–Kier alpha value is -2.64. The maximum Gasteiger partial charge on any atom is 0.276 e. The summed E-state index contributed by atoms with van der Waals surface area (Å²) in [5, 5.41) is 14.0. The molecule has 2 aliphatic carbocycles. The molecule has 2 aromatic rings. The van der Waals surface area contributed by atoms with E-state index in [0.717, 1.165) is 25.3 Å². The van der Waals surface area contributed by atoms with Gasteiger partial charge in [-0.15, -0.1) is 0 Å². The zero-order valence-electron chi connectivity index (χ0n) is 13.5. The lowest BCUT2D eigenvalue weighted by molar-refractivity contribution is -0.117. The largest absolute Gasteiger partial charge is 0.318 e. The van der Waals surface area contributed by atoms with Gasteiger partial charge in [0.25, 0.3) is 5.91 Å². The van der Waals surface area contributed by atoms with E-state index in [0.29, 0.717) is 11.5 Å². The van der Waals surface area contributed by atoms with Gasteiger partial charge in [0.1, 0.15) is 5.82 Å². The van der Waals surface area contributed by atoms with Crippen molar-refractivity contribution in [1.29, 1.82) is 0 Å². The van der Waals surface area contributed by atoms with E-state index in [2.05, 4.69) is 20.8 Å². The van der Waals surface area contributed by atoms with Crippen LogP contribution in [0.4, 0.5) is 11.5 Å². The third-order valence-corrected chi connectivity index (χ3v) is 4.35. The predicted octanol–water partition coefficient (Wildman–Crippen LogP) is 1.63. The van der Waals surface area contributed by atoms with Gasteiger partial charge in [-0.05, 0) is 31.6 Å². The van der Waals surface area contributed by atoms with Crippen molar-refractivity contribution < 1.29 is 9.59 Å². The summed E-state index contributed by atoms with van der Waals surface area (Å²) in [7, 11) is 1.70. The molecular formula is C16H20N6O2. The maximum absolute atomic E-state index is 12.3. The van der Waals surface area contributed by atoms with Gasteiger partial charge < -0.3 is 10.6 Å². The standard InChI is InChI=1S/C16H20N6O2/c1-21-14(19-15(23)11-4-5-11)6-13(20-21)16(24)18-12-7-17-22(9-12)8-10-2-3-10/h6-7,9-11H,2-5,8H2,1H3,(H,18,24)(H,19,23). The quantitative estimate of drug-likeness (QED) is 0.842. The molecule has 2 saturated carbocycles. The number of hydrogen-bond donors (Lipinski definition) is 2. The second-order valence-electron chi connectivity index (χ2n) is 6.65. The van der Waals surface area contributed by atoms with Gasteiger partial charge in [-0.1, -0.05) is 0 Å². The van der Waals surface area contributed by atoms with E-state index in [1.165, 1.54) is 17.5 Å². The zero-order valence-corrected chi connectivity index (χ0v) is 13.5. The van der Waals surface area contributed by atoms with E-state index in [4.69, 9.17) is 0 Å². The molecule has 2 aromatic heterocycles. The molecule has 2 heterocycles.